The van der Waals surface area contributed by atoms with Crippen LogP contribution in [0.15, 0.2) is 0 Å². The average molecular weight is 184 g/mol. The van der Waals surface area contributed by atoms with E-state index in [4.69, 9.17) is 0 Å². The van der Waals surface area contributed by atoms with Crippen molar-refractivity contribution in [2.24, 2.45) is 11.3 Å². The second-order valence-electron chi connectivity index (χ2n) is 4.78. The van der Waals surface area contributed by atoms with Crippen LogP contribution in [0.2, 0.25) is 0 Å². The first kappa shape index (κ1) is 10.7. The number of Topliss-reactive ketones (excluding diaryl/α,β-unsaturated/α-hetero) is 1. The molecule has 0 bridgehead atoms. The van der Waals surface area contributed by atoms with Gasteiger partial charge in [0.2, 0.25) is 0 Å². The van der Waals surface area contributed by atoms with Gasteiger partial charge in [-0.1, -0.05) is 13.8 Å². The molecule has 0 amide bonds. The zero-order valence-corrected chi connectivity index (χ0v) is 8.84. The summed E-state index contributed by atoms with van der Waals surface area (Å²) in [5.41, 5.74) is -0.194. The molecule has 1 fully saturated rings. The predicted octanol–water partition coefficient (Wildman–Crippen LogP) is 2.15. The molecule has 0 aromatic carbocycles. The van der Waals surface area contributed by atoms with Gasteiger partial charge in [0.25, 0.3) is 0 Å². The van der Waals surface area contributed by atoms with Gasteiger partial charge in [-0.05, 0) is 38.5 Å². The fraction of sp³-hybridized carbons (Fsp3) is 0.909. The maximum absolute atomic E-state index is 11.4. The SMILES string of the molecule is CC(=O)C(C)(C)[C@H]1CC[C@@H](O)CC1. The van der Waals surface area contributed by atoms with Crippen LogP contribution in [0.1, 0.15) is 46.5 Å². The summed E-state index contributed by atoms with van der Waals surface area (Å²) in [6.45, 7) is 5.72. The van der Waals surface area contributed by atoms with Gasteiger partial charge < -0.3 is 5.11 Å². The lowest BCUT2D eigenvalue weighted by atomic mass is 9.69. The summed E-state index contributed by atoms with van der Waals surface area (Å²) in [5.74, 6) is 0.738. The van der Waals surface area contributed by atoms with Gasteiger partial charge in [0.1, 0.15) is 5.78 Å². The number of ketones is 1. The fourth-order valence-corrected chi connectivity index (χ4v) is 2.08. The molecule has 0 aromatic rings. The largest absolute Gasteiger partial charge is 0.393 e. The van der Waals surface area contributed by atoms with Crippen LogP contribution in [0.5, 0.6) is 0 Å². The number of rotatable bonds is 2. The van der Waals surface area contributed by atoms with Crippen LogP contribution in [-0.4, -0.2) is 17.0 Å². The van der Waals surface area contributed by atoms with Crippen molar-refractivity contribution in [3.8, 4) is 0 Å². The molecular formula is C11H20O2. The Bertz CT molecular complexity index is 188. The Balaban J connectivity index is 2.58. The number of aliphatic hydroxyl groups excluding tert-OH is 1. The molecule has 0 spiro atoms. The molecule has 0 saturated heterocycles. The molecule has 1 aliphatic carbocycles. The summed E-state index contributed by atoms with van der Waals surface area (Å²) >= 11 is 0. The molecule has 0 atom stereocenters. The predicted molar refractivity (Wildman–Crippen MR) is 52.4 cm³/mol. The van der Waals surface area contributed by atoms with Gasteiger partial charge in [0.05, 0.1) is 6.10 Å². The molecule has 1 aliphatic rings. The van der Waals surface area contributed by atoms with E-state index in [0.717, 1.165) is 25.7 Å². The smallest absolute Gasteiger partial charge is 0.135 e. The van der Waals surface area contributed by atoms with Gasteiger partial charge in [0, 0.05) is 5.41 Å². The van der Waals surface area contributed by atoms with E-state index in [1.807, 2.05) is 13.8 Å². The molecule has 1 N–H and O–H groups in total. The van der Waals surface area contributed by atoms with E-state index >= 15 is 0 Å². The molecule has 0 aromatic heterocycles. The average Bonchev–Trinajstić information content (AvgIpc) is 2.04. The Labute approximate surface area is 80.3 Å². The van der Waals surface area contributed by atoms with Crippen LogP contribution in [0, 0.1) is 11.3 Å². The highest BCUT2D eigenvalue weighted by Crippen LogP contribution is 2.38. The van der Waals surface area contributed by atoms with Crippen molar-refractivity contribution in [1.29, 1.82) is 0 Å². The third-order valence-corrected chi connectivity index (χ3v) is 3.62. The monoisotopic (exact) mass is 184 g/mol. The molecule has 0 unspecified atom stereocenters. The second-order valence-corrected chi connectivity index (χ2v) is 4.78. The molecular weight excluding hydrogens is 164 g/mol. The van der Waals surface area contributed by atoms with Crippen LogP contribution in [0.3, 0.4) is 0 Å². The summed E-state index contributed by atoms with van der Waals surface area (Å²) in [4.78, 5) is 11.4. The van der Waals surface area contributed by atoms with E-state index in [9.17, 15) is 9.90 Å². The normalized spacial score (nSPS) is 30.2. The first-order valence-electron chi connectivity index (χ1n) is 5.13. The van der Waals surface area contributed by atoms with Gasteiger partial charge in [-0.2, -0.15) is 0 Å². The van der Waals surface area contributed by atoms with E-state index in [1.165, 1.54) is 0 Å². The van der Waals surface area contributed by atoms with Crippen LogP contribution in [0.4, 0.5) is 0 Å². The molecule has 1 saturated carbocycles. The third kappa shape index (κ3) is 2.31. The quantitative estimate of drug-likeness (QED) is 0.714. The van der Waals surface area contributed by atoms with Crippen molar-refractivity contribution in [3.63, 3.8) is 0 Å². The van der Waals surface area contributed by atoms with E-state index in [-0.39, 0.29) is 17.3 Å². The fourth-order valence-electron chi connectivity index (χ4n) is 2.08. The summed E-state index contributed by atoms with van der Waals surface area (Å²) in [6.07, 6.45) is 3.59. The van der Waals surface area contributed by atoms with Crippen molar-refractivity contribution < 1.29 is 9.90 Å². The van der Waals surface area contributed by atoms with Crippen molar-refractivity contribution in [3.05, 3.63) is 0 Å². The molecule has 0 heterocycles. The molecule has 2 heteroatoms. The molecule has 0 radical (unpaired) electrons. The van der Waals surface area contributed by atoms with Crippen molar-refractivity contribution in [2.75, 3.05) is 0 Å². The lowest BCUT2D eigenvalue weighted by Gasteiger charge is -2.36. The number of carbonyl (C=O) groups excluding carboxylic acids is 1. The van der Waals surface area contributed by atoms with Crippen LogP contribution < -0.4 is 0 Å². The maximum Gasteiger partial charge on any atom is 0.135 e. The van der Waals surface area contributed by atoms with E-state index < -0.39 is 0 Å². The van der Waals surface area contributed by atoms with Crippen molar-refractivity contribution in [1.82, 2.24) is 0 Å². The van der Waals surface area contributed by atoms with Gasteiger partial charge >= 0.3 is 0 Å². The highest BCUT2D eigenvalue weighted by atomic mass is 16.3. The lowest BCUT2D eigenvalue weighted by Crippen LogP contribution is -2.35. The molecule has 1 rings (SSSR count). The molecule has 13 heavy (non-hydrogen) atoms. The number of hydrogen-bond acceptors (Lipinski definition) is 2. The minimum atomic E-state index is -0.194. The number of hydrogen-bond donors (Lipinski definition) is 1. The summed E-state index contributed by atoms with van der Waals surface area (Å²) in [5, 5.41) is 9.35. The zero-order valence-electron chi connectivity index (χ0n) is 8.84. The first-order chi connectivity index (χ1) is 5.94. The molecule has 0 aliphatic heterocycles. The minimum Gasteiger partial charge on any atom is -0.393 e. The van der Waals surface area contributed by atoms with Gasteiger partial charge in [-0.3, -0.25) is 4.79 Å². The highest BCUT2D eigenvalue weighted by Gasteiger charge is 2.35. The summed E-state index contributed by atoms with van der Waals surface area (Å²) < 4.78 is 0. The standard InChI is InChI=1S/C11H20O2/c1-8(12)11(2,3)9-4-6-10(13)7-5-9/h9-10,13H,4-7H2,1-3H3/t9-,10+. The third-order valence-electron chi connectivity index (χ3n) is 3.62. The zero-order chi connectivity index (χ0) is 10.1. The topological polar surface area (TPSA) is 37.3 Å². The number of carbonyl (C=O) groups is 1. The van der Waals surface area contributed by atoms with E-state index in [2.05, 4.69) is 0 Å². The van der Waals surface area contributed by atoms with E-state index in [0.29, 0.717) is 5.92 Å². The van der Waals surface area contributed by atoms with Crippen molar-refractivity contribution in [2.45, 2.75) is 52.6 Å². The van der Waals surface area contributed by atoms with Crippen LogP contribution in [-0.2, 0) is 4.79 Å². The van der Waals surface area contributed by atoms with Gasteiger partial charge in [-0.15, -0.1) is 0 Å². The Morgan fingerprint density at radius 2 is 1.69 bits per heavy atom. The van der Waals surface area contributed by atoms with Crippen molar-refractivity contribution >= 4 is 5.78 Å². The maximum atomic E-state index is 11.4. The minimum absolute atomic E-state index is 0.126. The Morgan fingerprint density at radius 3 is 2.08 bits per heavy atom. The summed E-state index contributed by atoms with van der Waals surface area (Å²) in [6, 6.07) is 0. The van der Waals surface area contributed by atoms with Gasteiger partial charge in [-0.25, -0.2) is 0 Å². The highest BCUT2D eigenvalue weighted by molar-refractivity contribution is 5.81. The Hall–Kier alpha value is -0.370. The van der Waals surface area contributed by atoms with Crippen LogP contribution in [0.25, 0.3) is 0 Å². The molecule has 76 valence electrons. The first-order valence-corrected chi connectivity index (χ1v) is 5.13. The lowest BCUT2D eigenvalue weighted by molar-refractivity contribution is -0.128. The van der Waals surface area contributed by atoms with Gasteiger partial charge in [0.15, 0.2) is 0 Å². The number of aliphatic hydroxyl groups is 1. The Kier molecular flexibility index (Phi) is 3.12. The molecule has 2 nitrogen and oxygen atoms in total. The second kappa shape index (κ2) is 3.79. The van der Waals surface area contributed by atoms with E-state index in [1.54, 1.807) is 6.92 Å². The summed E-state index contributed by atoms with van der Waals surface area (Å²) in [7, 11) is 0. The van der Waals surface area contributed by atoms with Crippen LogP contribution >= 0.6 is 0 Å². The Morgan fingerprint density at radius 1 is 1.23 bits per heavy atom.